The van der Waals surface area contributed by atoms with Crippen LogP contribution in [0.3, 0.4) is 0 Å². The van der Waals surface area contributed by atoms with E-state index in [1.54, 1.807) is 12.1 Å². The molecule has 28 heavy (non-hydrogen) atoms. The average Bonchev–Trinajstić information content (AvgIpc) is 2.94. The summed E-state index contributed by atoms with van der Waals surface area (Å²) < 4.78 is 14.2. The third-order valence-electron chi connectivity index (χ3n) is 9.46. The van der Waals surface area contributed by atoms with Gasteiger partial charge in [-0.25, -0.2) is 4.39 Å². The van der Waals surface area contributed by atoms with Gasteiger partial charge in [-0.2, -0.15) is 0 Å². The van der Waals surface area contributed by atoms with Gasteiger partial charge in [-0.05, 0) is 91.7 Å². The lowest BCUT2D eigenvalue weighted by molar-refractivity contribution is -0.137. The van der Waals surface area contributed by atoms with Gasteiger partial charge in [0.15, 0.2) is 5.78 Å². The lowest BCUT2D eigenvalue weighted by Gasteiger charge is -2.59. The molecule has 4 aliphatic rings. The van der Waals surface area contributed by atoms with Gasteiger partial charge in [0.1, 0.15) is 5.82 Å². The van der Waals surface area contributed by atoms with Crippen molar-refractivity contribution in [1.82, 2.24) is 0 Å². The van der Waals surface area contributed by atoms with E-state index in [2.05, 4.69) is 13.8 Å². The monoisotopic (exact) mass is 380 g/mol. The molecule has 0 aromatic heterocycles. The van der Waals surface area contributed by atoms with Gasteiger partial charge in [-0.3, -0.25) is 4.79 Å². The molecule has 0 amide bonds. The Hall–Kier alpha value is -1.44. The number of halogens is 1. The lowest BCUT2D eigenvalue weighted by Crippen LogP contribution is -2.52. The highest BCUT2D eigenvalue weighted by atomic mass is 19.1. The Morgan fingerprint density at radius 1 is 1.00 bits per heavy atom. The molecule has 0 heterocycles. The maximum Gasteiger partial charge on any atom is 0.165 e. The quantitative estimate of drug-likeness (QED) is 0.488. The van der Waals surface area contributed by atoms with Crippen LogP contribution in [0.4, 0.5) is 4.39 Å². The molecule has 0 spiro atoms. The highest BCUT2D eigenvalue weighted by Crippen LogP contribution is 2.66. The van der Waals surface area contributed by atoms with Gasteiger partial charge in [0.05, 0.1) is 0 Å². The molecular weight excluding hydrogens is 347 g/mol. The van der Waals surface area contributed by atoms with Crippen LogP contribution in [0.1, 0.15) is 77.2 Å². The first-order valence-corrected chi connectivity index (χ1v) is 11.4. The van der Waals surface area contributed by atoms with E-state index in [1.165, 1.54) is 51.0 Å². The summed E-state index contributed by atoms with van der Waals surface area (Å²) >= 11 is 0. The fourth-order valence-corrected chi connectivity index (χ4v) is 7.87. The minimum absolute atomic E-state index is 0.226. The highest BCUT2D eigenvalue weighted by molar-refractivity contribution is 6.05. The normalized spacial score (nSPS) is 44.1. The number of benzene rings is 1. The summed E-state index contributed by atoms with van der Waals surface area (Å²) in [6.45, 7) is 4.79. The van der Waals surface area contributed by atoms with Crippen LogP contribution in [0.2, 0.25) is 0 Å². The Morgan fingerprint density at radius 3 is 2.64 bits per heavy atom. The Bertz CT molecular complexity index is 825. The molecular formula is C26H33FO. The lowest BCUT2D eigenvalue weighted by atomic mass is 9.45. The smallest absolute Gasteiger partial charge is 0.165 e. The van der Waals surface area contributed by atoms with Crippen LogP contribution in [0.25, 0.3) is 6.08 Å². The first kappa shape index (κ1) is 18.6. The summed E-state index contributed by atoms with van der Waals surface area (Å²) in [6.07, 6.45) is 13.2. The molecule has 5 rings (SSSR count). The first-order valence-electron chi connectivity index (χ1n) is 11.4. The Morgan fingerprint density at radius 2 is 1.82 bits per heavy atom. The van der Waals surface area contributed by atoms with E-state index in [1.807, 2.05) is 12.1 Å². The van der Waals surface area contributed by atoms with Gasteiger partial charge < -0.3 is 0 Å². The first-order chi connectivity index (χ1) is 13.4. The average molecular weight is 381 g/mol. The number of fused-ring (bicyclic) bond motifs is 5. The number of hydrogen-bond donors (Lipinski definition) is 0. The standard InChI is InChI=1S/C26H33FO/c1-25-13-6-5-8-19(25)10-11-20-21(25)12-14-26(2)22(20)16-18(24(26)28)15-17-7-3-4-9-23(17)27/h3-4,7,9,15,19-22H,5-6,8,10-14,16H2,1-2H3/b18-15+/t19-,20+,21-,22-,25-,26-/m0/s1. The number of ketones is 1. The summed E-state index contributed by atoms with van der Waals surface area (Å²) in [5.41, 5.74) is 1.70. The number of allylic oxidation sites excluding steroid dienone is 1. The number of rotatable bonds is 1. The Balaban J connectivity index is 1.48. The van der Waals surface area contributed by atoms with Crippen molar-refractivity contribution < 1.29 is 9.18 Å². The Kier molecular flexibility index (Phi) is 4.34. The van der Waals surface area contributed by atoms with Crippen molar-refractivity contribution in [2.75, 3.05) is 0 Å². The van der Waals surface area contributed by atoms with Crippen molar-refractivity contribution >= 4 is 11.9 Å². The summed E-state index contributed by atoms with van der Waals surface area (Å²) in [5, 5.41) is 0. The van der Waals surface area contributed by atoms with Crippen molar-refractivity contribution in [3.8, 4) is 0 Å². The minimum atomic E-state index is -0.226. The number of carbonyl (C=O) groups is 1. The van der Waals surface area contributed by atoms with E-state index < -0.39 is 0 Å². The van der Waals surface area contributed by atoms with E-state index in [0.717, 1.165) is 30.3 Å². The van der Waals surface area contributed by atoms with E-state index in [-0.39, 0.29) is 11.2 Å². The molecule has 0 bridgehead atoms. The molecule has 1 nitrogen and oxygen atoms in total. The van der Waals surface area contributed by atoms with Crippen LogP contribution in [-0.2, 0) is 4.79 Å². The third-order valence-corrected chi connectivity index (χ3v) is 9.46. The van der Waals surface area contributed by atoms with Crippen LogP contribution in [0.5, 0.6) is 0 Å². The fourth-order valence-electron chi connectivity index (χ4n) is 7.87. The molecule has 1 aromatic carbocycles. The largest absolute Gasteiger partial charge is 0.294 e. The molecule has 4 fully saturated rings. The molecule has 4 saturated carbocycles. The van der Waals surface area contributed by atoms with Gasteiger partial charge in [-0.15, -0.1) is 0 Å². The van der Waals surface area contributed by atoms with Crippen molar-refractivity contribution in [3.05, 3.63) is 41.2 Å². The molecule has 1 aromatic rings. The van der Waals surface area contributed by atoms with E-state index in [4.69, 9.17) is 0 Å². The fraction of sp³-hybridized carbons (Fsp3) is 0.654. The van der Waals surface area contributed by atoms with Crippen LogP contribution in [0, 0.1) is 40.3 Å². The van der Waals surface area contributed by atoms with E-state index >= 15 is 0 Å². The maximum atomic E-state index is 14.2. The summed E-state index contributed by atoms with van der Waals surface area (Å²) in [6, 6.07) is 6.84. The summed E-state index contributed by atoms with van der Waals surface area (Å²) in [5.74, 6) is 2.89. The molecule has 0 radical (unpaired) electrons. The van der Waals surface area contributed by atoms with Gasteiger partial charge in [0, 0.05) is 11.0 Å². The molecule has 0 unspecified atom stereocenters. The highest BCUT2D eigenvalue weighted by Gasteiger charge is 2.60. The predicted octanol–water partition coefficient (Wildman–Crippen LogP) is 6.82. The molecule has 0 saturated heterocycles. The number of hydrogen-bond acceptors (Lipinski definition) is 1. The zero-order valence-corrected chi connectivity index (χ0v) is 17.3. The molecule has 150 valence electrons. The van der Waals surface area contributed by atoms with Gasteiger partial charge in [0.2, 0.25) is 0 Å². The van der Waals surface area contributed by atoms with Crippen molar-refractivity contribution in [1.29, 1.82) is 0 Å². The predicted molar refractivity (Wildman–Crippen MR) is 111 cm³/mol. The molecule has 6 atom stereocenters. The SMILES string of the molecule is C[C@]12CCCC[C@H]1CC[C@@H]1[C@@H]2CC[C@]2(C)C(=O)/C(=C/c3ccccc3F)C[C@@H]12. The minimum Gasteiger partial charge on any atom is -0.294 e. The van der Waals surface area contributed by atoms with Crippen molar-refractivity contribution in [2.24, 2.45) is 34.5 Å². The van der Waals surface area contributed by atoms with Gasteiger partial charge in [0.25, 0.3) is 0 Å². The third kappa shape index (κ3) is 2.59. The van der Waals surface area contributed by atoms with Crippen LogP contribution < -0.4 is 0 Å². The van der Waals surface area contributed by atoms with Crippen molar-refractivity contribution in [3.63, 3.8) is 0 Å². The second-order valence-electron chi connectivity index (χ2n) is 10.6. The number of carbonyl (C=O) groups excluding carboxylic acids is 1. The molecule has 2 heteroatoms. The van der Waals surface area contributed by atoms with Gasteiger partial charge >= 0.3 is 0 Å². The molecule has 0 aliphatic heterocycles. The van der Waals surface area contributed by atoms with Gasteiger partial charge in [-0.1, -0.05) is 44.9 Å². The van der Waals surface area contributed by atoms with Crippen LogP contribution in [0.15, 0.2) is 29.8 Å². The zero-order valence-electron chi connectivity index (χ0n) is 17.3. The number of Topliss-reactive ketones (excluding diaryl/α,β-unsaturated/α-hetero) is 1. The second kappa shape index (κ2) is 6.54. The maximum absolute atomic E-state index is 14.2. The van der Waals surface area contributed by atoms with E-state index in [0.29, 0.717) is 28.6 Å². The van der Waals surface area contributed by atoms with Crippen LogP contribution >= 0.6 is 0 Å². The topological polar surface area (TPSA) is 17.1 Å². The molecule has 0 N–H and O–H groups in total. The summed E-state index contributed by atoms with van der Waals surface area (Å²) in [4.78, 5) is 13.4. The van der Waals surface area contributed by atoms with Crippen LogP contribution in [-0.4, -0.2) is 5.78 Å². The zero-order chi connectivity index (χ0) is 19.5. The Labute approximate surface area is 168 Å². The van der Waals surface area contributed by atoms with E-state index in [9.17, 15) is 9.18 Å². The summed E-state index contributed by atoms with van der Waals surface area (Å²) in [7, 11) is 0. The molecule has 4 aliphatic carbocycles. The van der Waals surface area contributed by atoms with Crippen molar-refractivity contribution in [2.45, 2.75) is 71.6 Å². The second-order valence-corrected chi connectivity index (χ2v) is 10.6.